The van der Waals surface area contributed by atoms with E-state index >= 15 is 0 Å². The molecular formula is C14H24N5O13P3. The van der Waals surface area contributed by atoms with E-state index in [1.54, 1.807) is 0 Å². The Morgan fingerprint density at radius 1 is 1.00 bits per heavy atom. The maximum atomic E-state index is 11.9. The molecule has 3 rings (SSSR count). The van der Waals surface area contributed by atoms with Crippen molar-refractivity contribution in [2.24, 2.45) is 0 Å². The van der Waals surface area contributed by atoms with Crippen LogP contribution in [0.25, 0.3) is 11.2 Å². The second-order valence-corrected chi connectivity index (χ2v) is 11.5. The van der Waals surface area contributed by atoms with Gasteiger partial charge in [-0.05, 0) is 13.8 Å². The lowest BCUT2D eigenvalue weighted by Gasteiger charge is -2.20. The molecular weight excluding hydrogens is 539 g/mol. The SMILES string of the molecule is CCN(CC)c1ncnc2c1ncn2[C@@H]1O[C@H](COP(=O)(O)OP(=O)(O)OP(=O)(O)O)[C@@H](O)[C@H]1O. The number of phosphoric acid groups is 3. The molecule has 0 aromatic carbocycles. The molecule has 0 radical (unpaired) electrons. The van der Waals surface area contributed by atoms with E-state index in [9.17, 15) is 33.7 Å². The van der Waals surface area contributed by atoms with Gasteiger partial charge < -0.3 is 39.4 Å². The van der Waals surface area contributed by atoms with Gasteiger partial charge in [-0.2, -0.15) is 8.62 Å². The van der Waals surface area contributed by atoms with Crippen molar-refractivity contribution in [2.75, 3.05) is 24.6 Å². The van der Waals surface area contributed by atoms with E-state index in [1.807, 2.05) is 18.7 Å². The summed E-state index contributed by atoms with van der Waals surface area (Å²) in [5, 5.41) is 20.8. The molecule has 0 amide bonds. The Labute approximate surface area is 197 Å². The van der Waals surface area contributed by atoms with Crippen molar-refractivity contribution in [3.05, 3.63) is 12.7 Å². The van der Waals surface area contributed by atoms with Gasteiger partial charge in [-0.1, -0.05) is 0 Å². The minimum atomic E-state index is -5.71. The van der Waals surface area contributed by atoms with Crippen molar-refractivity contribution in [1.29, 1.82) is 0 Å². The largest absolute Gasteiger partial charge is 0.490 e. The van der Waals surface area contributed by atoms with Crippen LogP contribution in [0, 0.1) is 0 Å². The number of anilines is 1. The average molecular weight is 563 g/mol. The van der Waals surface area contributed by atoms with Crippen molar-refractivity contribution in [1.82, 2.24) is 19.5 Å². The minimum absolute atomic E-state index is 0.270. The molecule has 0 spiro atoms. The van der Waals surface area contributed by atoms with E-state index in [-0.39, 0.29) is 5.65 Å². The van der Waals surface area contributed by atoms with Crippen LogP contribution in [0.3, 0.4) is 0 Å². The molecule has 1 aliphatic heterocycles. The van der Waals surface area contributed by atoms with E-state index in [0.717, 1.165) is 0 Å². The van der Waals surface area contributed by atoms with Gasteiger partial charge in [0.15, 0.2) is 23.2 Å². The first kappa shape index (κ1) is 28.2. The maximum absolute atomic E-state index is 11.9. The van der Waals surface area contributed by atoms with Gasteiger partial charge in [-0.15, -0.1) is 0 Å². The first-order valence-corrected chi connectivity index (χ1v) is 14.4. The Kier molecular flexibility index (Phi) is 8.51. The molecule has 0 saturated carbocycles. The number of phosphoric ester groups is 1. The lowest BCUT2D eigenvalue weighted by Crippen LogP contribution is -2.33. The van der Waals surface area contributed by atoms with Crippen LogP contribution in [0.4, 0.5) is 5.82 Å². The van der Waals surface area contributed by atoms with Gasteiger partial charge in [0.25, 0.3) is 0 Å². The second-order valence-electron chi connectivity index (χ2n) is 7.13. The number of aliphatic hydroxyl groups is 2. The van der Waals surface area contributed by atoms with Crippen molar-refractivity contribution in [3.63, 3.8) is 0 Å². The van der Waals surface area contributed by atoms with Crippen LogP contribution in [-0.4, -0.2) is 87.3 Å². The molecule has 1 fully saturated rings. The highest BCUT2D eigenvalue weighted by Gasteiger charge is 2.47. The van der Waals surface area contributed by atoms with Gasteiger partial charge in [0.1, 0.15) is 24.6 Å². The number of imidazole rings is 1. The van der Waals surface area contributed by atoms with Gasteiger partial charge in [0.2, 0.25) is 0 Å². The molecule has 35 heavy (non-hydrogen) atoms. The summed E-state index contributed by atoms with van der Waals surface area (Å²) in [6.07, 6.45) is -3.34. The molecule has 2 aromatic rings. The van der Waals surface area contributed by atoms with Crippen LogP contribution in [0.1, 0.15) is 20.1 Å². The zero-order valence-corrected chi connectivity index (χ0v) is 20.9. The van der Waals surface area contributed by atoms with Crippen molar-refractivity contribution in [3.8, 4) is 0 Å². The van der Waals surface area contributed by atoms with E-state index in [4.69, 9.17) is 14.5 Å². The fourth-order valence-electron chi connectivity index (χ4n) is 3.35. The van der Waals surface area contributed by atoms with Crippen molar-refractivity contribution < 1.29 is 61.4 Å². The number of nitrogens with zero attached hydrogens (tertiary/aromatic N) is 5. The first-order chi connectivity index (χ1) is 16.2. The third-order valence-electron chi connectivity index (χ3n) is 4.83. The lowest BCUT2D eigenvalue weighted by molar-refractivity contribution is -0.0503. The summed E-state index contributed by atoms with van der Waals surface area (Å²) in [7, 11) is -16.7. The molecule has 6 N–H and O–H groups in total. The molecule has 1 saturated heterocycles. The molecule has 18 nitrogen and oxygen atoms in total. The maximum Gasteiger partial charge on any atom is 0.490 e. The Hall–Kier alpha value is -1.36. The molecule has 6 atom stereocenters. The topological polar surface area (TPSA) is 256 Å². The zero-order valence-electron chi connectivity index (χ0n) is 18.2. The summed E-state index contributed by atoms with van der Waals surface area (Å²) < 4.78 is 52.6. The first-order valence-electron chi connectivity index (χ1n) is 9.90. The van der Waals surface area contributed by atoms with E-state index in [0.29, 0.717) is 24.4 Å². The highest BCUT2D eigenvalue weighted by molar-refractivity contribution is 7.66. The fraction of sp³-hybridized carbons (Fsp3) is 0.643. The molecule has 1 aliphatic rings. The summed E-state index contributed by atoms with van der Waals surface area (Å²) in [6.45, 7) is 4.19. The Bertz CT molecular complexity index is 1190. The van der Waals surface area contributed by atoms with Crippen LogP contribution >= 0.6 is 23.5 Å². The normalized spacial score (nSPS) is 26.5. The predicted molar refractivity (Wildman–Crippen MR) is 115 cm³/mol. The zero-order chi connectivity index (χ0) is 26.2. The number of hydrogen-bond donors (Lipinski definition) is 6. The smallest absolute Gasteiger partial charge is 0.387 e. The monoisotopic (exact) mass is 563 g/mol. The minimum Gasteiger partial charge on any atom is -0.387 e. The van der Waals surface area contributed by atoms with Gasteiger partial charge >= 0.3 is 23.5 Å². The molecule has 2 unspecified atom stereocenters. The van der Waals surface area contributed by atoms with E-state index in [1.165, 1.54) is 17.2 Å². The third-order valence-corrected chi connectivity index (χ3v) is 8.63. The van der Waals surface area contributed by atoms with E-state index in [2.05, 4.69) is 28.1 Å². The van der Waals surface area contributed by atoms with Crippen LogP contribution in [0.5, 0.6) is 0 Å². The number of fused-ring (bicyclic) bond motifs is 1. The van der Waals surface area contributed by atoms with Gasteiger partial charge in [0.05, 0.1) is 12.9 Å². The van der Waals surface area contributed by atoms with Crippen LogP contribution in [0.2, 0.25) is 0 Å². The standard InChI is InChI=1S/C14H24N5O13P3/c1-3-18(4-2)12-9-13(16-6-15-12)19(7-17-9)14-11(21)10(20)8(30-14)5-29-34(25,26)32-35(27,28)31-33(22,23)24/h6-8,10-11,14,20-21H,3-5H2,1-2H3,(H,25,26)(H,27,28)(H2,22,23,24)/t8-,10-,11-,14-/m1/s1. The number of ether oxygens (including phenoxy) is 1. The molecule has 3 heterocycles. The predicted octanol–water partition coefficient (Wildman–Crippen LogP) is -0.365. The van der Waals surface area contributed by atoms with Crippen LogP contribution in [-0.2, 0) is 31.6 Å². The van der Waals surface area contributed by atoms with E-state index < -0.39 is 54.6 Å². The number of aliphatic hydroxyl groups excluding tert-OH is 2. The van der Waals surface area contributed by atoms with Crippen LogP contribution in [0.15, 0.2) is 12.7 Å². The summed E-state index contributed by atoms with van der Waals surface area (Å²) >= 11 is 0. The molecule has 2 aromatic heterocycles. The van der Waals surface area contributed by atoms with Crippen LogP contribution < -0.4 is 4.90 Å². The summed E-state index contributed by atoms with van der Waals surface area (Å²) in [4.78, 5) is 50.5. The molecule has 0 aliphatic carbocycles. The van der Waals surface area contributed by atoms with Crippen molar-refractivity contribution >= 4 is 40.4 Å². The quantitative estimate of drug-likeness (QED) is 0.191. The fourth-order valence-corrected chi connectivity index (χ4v) is 6.38. The lowest BCUT2D eigenvalue weighted by atomic mass is 10.1. The summed E-state index contributed by atoms with van der Waals surface area (Å²) in [6, 6.07) is 0. The number of rotatable bonds is 11. The second kappa shape index (κ2) is 10.6. The average Bonchev–Trinajstić information content (AvgIpc) is 3.27. The number of aromatic nitrogens is 4. The highest BCUT2D eigenvalue weighted by Crippen LogP contribution is 2.66. The summed E-state index contributed by atoms with van der Waals surface area (Å²) in [5.41, 5.74) is 0.671. The highest BCUT2D eigenvalue weighted by atomic mass is 31.3. The Morgan fingerprint density at radius 3 is 2.26 bits per heavy atom. The third kappa shape index (κ3) is 6.70. The Balaban J connectivity index is 1.74. The molecule has 21 heteroatoms. The van der Waals surface area contributed by atoms with Gasteiger partial charge in [0, 0.05) is 13.1 Å². The molecule has 198 valence electrons. The molecule has 0 bridgehead atoms. The van der Waals surface area contributed by atoms with Gasteiger partial charge in [-0.25, -0.2) is 28.6 Å². The van der Waals surface area contributed by atoms with Gasteiger partial charge in [-0.3, -0.25) is 9.09 Å². The number of hydrogen-bond acceptors (Lipinski definition) is 13. The Morgan fingerprint density at radius 2 is 1.66 bits per heavy atom. The summed E-state index contributed by atoms with van der Waals surface area (Å²) in [5.74, 6) is 0.538. The van der Waals surface area contributed by atoms with Crippen molar-refractivity contribution in [2.45, 2.75) is 38.4 Å².